The quantitative estimate of drug-likeness (QED) is 0.757. The second-order valence-corrected chi connectivity index (χ2v) is 8.78. The molecule has 1 aromatic rings. The van der Waals surface area contributed by atoms with Crippen LogP contribution in [0.3, 0.4) is 0 Å². The average Bonchev–Trinajstić information content (AvgIpc) is 2.68. The van der Waals surface area contributed by atoms with Gasteiger partial charge in [0.1, 0.15) is 10.6 Å². The van der Waals surface area contributed by atoms with Crippen molar-refractivity contribution in [2.75, 3.05) is 53.0 Å². The molecule has 1 unspecified atom stereocenters. The first-order valence-electron chi connectivity index (χ1n) is 9.18. The van der Waals surface area contributed by atoms with Crippen LogP contribution in [0, 0.1) is 0 Å². The molecule has 8 nitrogen and oxygen atoms in total. The Morgan fingerprint density at radius 1 is 1.30 bits per heavy atom. The molecule has 0 radical (unpaired) electrons. The zero-order valence-electron chi connectivity index (χ0n) is 15.8. The molecule has 2 aliphatic rings. The Labute approximate surface area is 160 Å². The van der Waals surface area contributed by atoms with Gasteiger partial charge in [0, 0.05) is 38.8 Å². The molecule has 1 N–H and O–H groups in total. The molecule has 0 spiro atoms. The van der Waals surface area contributed by atoms with E-state index in [2.05, 4.69) is 5.32 Å². The summed E-state index contributed by atoms with van der Waals surface area (Å²) >= 11 is 0. The number of carbonyl (C=O) groups is 1. The van der Waals surface area contributed by atoms with Gasteiger partial charge in [-0.2, -0.15) is 4.31 Å². The van der Waals surface area contributed by atoms with Gasteiger partial charge in [0.2, 0.25) is 15.9 Å². The van der Waals surface area contributed by atoms with Gasteiger partial charge >= 0.3 is 0 Å². The fourth-order valence-corrected chi connectivity index (χ4v) is 5.02. The van der Waals surface area contributed by atoms with Gasteiger partial charge in [-0.25, -0.2) is 8.42 Å². The van der Waals surface area contributed by atoms with E-state index in [4.69, 9.17) is 9.47 Å². The zero-order valence-corrected chi connectivity index (χ0v) is 16.6. The molecule has 27 heavy (non-hydrogen) atoms. The fraction of sp³-hybridized carbons (Fsp3) is 0.611. The maximum Gasteiger partial charge on any atom is 0.246 e. The summed E-state index contributed by atoms with van der Waals surface area (Å²) in [6, 6.07) is 5.19. The first-order chi connectivity index (χ1) is 12.9. The van der Waals surface area contributed by atoms with Crippen molar-refractivity contribution in [3.05, 3.63) is 23.8 Å². The molecule has 3 rings (SSSR count). The number of rotatable bonds is 5. The number of carbonyl (C=O) groups excluding carboxylic acids is 1. The Balaban J connectivity index is 1.81. The highest BCUT2D eigenvalue weighted by atomic mass is 32.2. The van der Waals surface area contributed by atoms with Crippen LogP contribution in [0.2, 0.25) is 0 Å². The number of benzene rings is 1. The molecule has 1 atom stereocenters. The van der Waals surface area contributed by atoms with Gasteiger partial charge in [0.25, 0.3) is 0 Å². The lowest BCUT2D eigenvalue weighted by molar-refractivity contribution is -0.131. The Bertz CT molecular complexity index is 777. The number of methoxy groups -OCH3 is 1. The van der Waals surface area contributed by atoms with Crippen molar-refractivity contribution in [1.82, 2.24) is 14.5 Å². The zero-order chi connectivity index (χ0) is 19.4. The summed E-state index contributed by atoms with van der Waals surface area (Å²) in [5, 5.41) is 3.31. The first kappa shape index (κ1) is 20.1. The van der Waals surface area contributed by atoms with Crippen LogP contribution in [-0.4, -0.2) is 82.6 Å². The second-order valence-electron chi connectivity index (χ2n) is 6.87. The summed E-state index contributed by atoms with van der Waals surface area (Å²) in [4.78, 5) is 14.5. The maximum absolute atomic E-state index is 13.0. The number of morpholine rings is 1. The van der Waals surface area contributed by atoms with Crippen molar-refractivity contribution in [3.8, 4) is 5.75 Å². The average molecular weight is 397 g/mol. The normalized spacial score (nSPS) is 21.9. The van der Waals surface area contributed by atoms with E-state index in [9.17, 15) is 13.2 Å². The van der Waals surface area contributed by atoms with Crippen LogP contribution in [0.1, 0.15) is 12.5 Å². The lowest BCUT2D eigenvalue weighted by Gasteiger charge is -2.32. The smallest absolute Gasteiger partial charge is 0.246 e. The summed E-state index contributed by atoms with van der Waals surface area (Å²) in [5.74, 6) is 0.289. The van der Waals surface area contributed by atoms with Gasteiger partial charge in [-0.1, -0.05) is 6.07 Å². The van der Waals surface area contributed by atoms with E-state index in [0.29, 0.717) is 45.0 Å². The molecule has 2 aliphatic heterocycles. The highest BCUT2D eigenvalue weighted by molar-refractivity contribution is 7.89. The van der Waals surface area contributed by atoms with Gasteiger partial charge in [-0.05, 0) is 24.6 Å². The molecule has 2 saturated heterocycles. The molecule has 9 heteroatoms. The predicted octanol–water partition coefficient (Wildman–Crippen LogP) is 0.0789. The number of nitrogens with one attached hydrogen (secondary N) is 1. The minimum atomic E-state index is -3.70. The van der Waals surface area contributed by atoms with Gasteiger partial charge in [-0.3, -0.25) is 4.79 Å². The largest absolute Gasteiger partial charge is 0.495 e. The molecule has 150 valence electrons. The van der Waals surface area contributed by atoms with Crippen LogP contribution >= 0.6 is 0 Å². The Morgan fingerprint density at radius 3 is 2.70 bits per heavy atom. The Hall–Kier alpha value is -1.68. The lowest BCUT2D eigenvalue weighted by Crippen LogP contribution is -2.51. The number of ether oxygens (including phenoxy) is 2. The molecular weight excluding hydrogens is 370 g/mol. The van der Waals surface area contributed by atoms with E-state index in [1.807, 2.05) is 11.8 Å². The standard InChI is InChI=1S/C18H27N3O5S/c1-14-13-20(6-5-19-14)18(22)12-15-3-4-16(25-2)17(11-15)27(23,24)21-7-9-26-10-8-21/h3-4,11,14,19H,5-10,12-13H2,1-2H3. The Kier molecular flexibility index (Phi) is 6.36. The van der Waals surface area contributed by atoms with Crippen molar-refractivity contribution < 1.29 is 22.7 Å². The number of hydrogen-bond donors (Lipinski definition) is 1. The SMILES string of the molecule is COc1ccc(CC(=O)N2CCNC(C)C2)cc1S(=O)(=O)N1CCOCC1. The minimum Gasteiger partial charge on any atom is -0.495 e. The minimum absolute atomic E-state index is 0.00300. The van der Waals surface area contributed by atoms with Crippen molar-refractivity contribution >= 4 is 15.9 Å². The van der Waals surface area contributed by atoms with Crippen LogP contribution in [0.4, 0.5) is 0 Å². The summed E-state index contributed by atoms with van der Waals surface area (Å²) in [5.41, 5.74) is 0.666. The molecule has 0 saturated carbocycles. The van der Waals surface area contributed by atoms with E-state index < -0.39 is 10.0 Å². The van der Waals surface area contributed by atoms with E-state index >= 15 is 0 Å². The molecule has 2 heterocycles. The summed E-state index contributed by atoms with van der Waals surface area (Å²) in [7, 11) is -2.26. The maximum atomic E-state index is 13.0. The van der Waals surface area contributed by atoms with Crippen LogP contribution in [0.5, 0.6) is 5.75 Å². The van der Waals surface area contributed by atoms with Crippen LogP contribution < -0.4 is 10.1 Å². The highest BCUT2D eigenvalue weighted by Gasteiger charge is 2.30. The van der Waals surface area contributed by atoms with Gasteiger partial charge in [0.15, 0.2) is 0 Å². The number of nitrogens with zero attached hydrogens (tertiary/aromatic N) is 2. The Morgan fingerprint density at radius 2 is 2.04 bits per heavy atom. The predicted molar refractivity (Wildman–Crippen MR) is 100 cm³/mol. The first-order valence-corrected chi connectivity index (χ1v) is 10.6. The molecule has 0 aromatic heterocycles. The van der Waals surface area contributed by atoms with E-state index in [-0.39, 0.29) is 29.0 Å². The summed E-state index contributed by atoms with van der Waals surface area (Å²) in [6.45, 7) is 5.51. The third kappa shape index (κ3) is 4.60. The van der Waals surface area contributed by atoms with Crippen molar-refractivity contribution in [2.24, 2.45) is 0 Å². The van der Waals surface area contributed by atoms with Gasteiger partial charge in [-0.15, -0.1) is 0 Å². The van der Waals surface area contributed by atoms with E-state index in [1.165, 1.54) is 11.4 Å². The second kappa shape index (κ2) is 8.55. The lowest BCUT2D eigenvalue weighted by atomic mass is 10.1. The molecule has 1 amide bonds. The topological polar surface area (TPSA) is 88.2 Å². The van der Waals surface area contributed by atoms with E-state index in [0.717, 1.165) is 6.54 Å². The van der Waals surface area contributed by atoms with Crippen LogP contribution in [-0.2, 0) is 26.0 Å². The fourth-order valence-electron chi connectivity index (χ4n) is 3.40. The molecular formula is C18H27N3O5S. The number of sulfonamides is 1. The third-order valence-corrected chi connectivity index (χ3v) is 6.81. The molecule has 2 fully saturated rings. The number of hydrogen-bond acceptors (Lipinski definition) is 6. The molecule has 0 bridgehead atoms. The van der Waals surface area contributed by atoms with Gasteiger partial charge in [0.05, 0.1) is 26.7 Å². The monoisotopic (exact) mass is 397 g/mol. The van der Waals surface area contributed by atoms with Crippen molar-refractivity contribution in [1.29, 1.82) is 0 Å². The number of amides is 1. The van der Waals surface area contributed by atoms with Crippen LogP contribution in [0.15, 0.2) is 23.1 Å². The van der Waals surface area contributed by atoms with Crippen LogP contribution in [0.25, 0.3) is 0 Å². The highest BCUT2D eigenvalue weighted by Crippen LogP contribution is 2.28. The number of piperazine rings is 1. The van der Waals surface area contributed by atoms with E-state index in [1.54, 1.807) is 18.2 Å². The van der Waals surface area contributed by atoms with Crippen molar-refractivity contribution in [3.63, 3.8) is 0 Å². The molecule has 0 aliphatic carbocycles. The third-order valence-electron chi connectivity index (χ3n) is 4.89. The summed E-state index contributed by atoms with van der Waals surface area (Å²) < 4.78 is 38.0. The summed E-state index contributed by atoms with van der Waals surface area (Å²) in [6.07, 6.45) is 0.169. The molecule has 1 aromatic carbocycles. The van der Waals surface area contributed by atoms with Crippen molar-refractivity contribution in [2.45, 2.75) is 24.3 Å². The van der Waals surface area contributed by atoms with Gasteiger partial charge < -0.3 is 19.7 Å².